The van der Waals surface area contributed by atoms with E-state index in [1.54, 1.807) is 12.1 Å². The summed E-state index contributed by atoms with van der Waals surface area (Å²) >= 11 is 7.21. The number of rotatable bonds is 7. The molecule has 6 nitrogen and oxygen atoms in total. The summed E-state index contributed by atoms with van der Waals surface area (Å²) in [5, 5.41) is 12.4. The number of aromatic nitrogens is 4. The number of halogens is 1. The number of thioether (sulfide) groups is 1. The lowest BCUT2D eigenvalue weighted by Crippen LogP contribution is -2.23. The maximum Gasteiger partial charge on any atom is 0.238 e. The molecule has 0 aliphatic carbocycles. The Bertz CT molecular complexity index is 957. The molecule has 0 aliphatic heterocycles. The number of pyridine rings is 1. The van der Waals surface area contributed by atoms with Gasteiger partial charge in [-0.2, -0.15) is 0 Å². The lowest BCUT2D eigenvalue weighted by molar-refractivity contribution is -0.115. The second-order valence-electron chi connectivity index (χ2n) is 6.44. The van der Waals surface area contributed by atoms with Gasteiger partial charge in [0.2, 0.25) is 5.91 Å². The maximum atomic E-state index is 12.5. The van der Waals surface area contributed by atoms with Crippen LogP contribution in [0.15, 0.2) is 47.8 Å². The van der Waals surface area contributed by atoms with Crippen molar-refractivity contribution in [1.82, 2.24) is 19.7 Å². The fourth-order valence-corrected chi connectivity index (χ4v) is 3.67. The summed E-state index contributed by atoms with van der Waals surface area (Å²) in [5.41, 5.74) is 2.19. The van der Waals surface area contributed by atoms with E-state index in [1.165, 1.54) is 23.5 Å². The number of nitrogens with zero attached hydrogens (tertiary/aromatic N) is 4. The number of carbonyl (C=O) groups is 1. The molecule has 0 radical (unpaired) electrons. The first-order valence-electron chi connectivity index (χ1n) is 9.07. The SMILES string of the molecule is CCCn1c(SC(C)C(=O)Nc2ccc(Cl)cn2)nnc1-c1cccc(C)c1. The molecule has 146 valence electrons. The van der Waals surface area contributed by atoms with Crippen LogP contribution in [-0.4, -0.2) is 30.9 Å². The van der Waals surface area contributed by atoms with E-state index in [1.807, 2.05) is 19.1 Å². The number of benzene rings is 1. The Labute approximate surface area is 173 Å². The van der Waals surface area contributed by atoms with Gasteiger partial charge < -0.3 is 9.88 Å². The number of anilines is 1. The molecule has 1 unspecified atom stereocenters. The molecule has 0 spiro atoms. The predicted octanol–water partition coefficient (Wildman–Crippen LogP) is 4.83. The van der Waals surface area contributed by atoms with Crippen LogP contribution in [0, 0.1) is 6.92 Å². The second-order valence-corrected chi connectivity index (χ2v) is 8.18. The van der Waals surface area contributed by atoms with E-state index in [0.717, 1.165) is 29.5 Å². The standard InChI is InChI=1S/C20H22ClN5OS/c1-4-10-26-18(15-7-5-6-13(2)11-15)24-25-20(26)28-14(3)19(27)23-17-9-8-16(21)12-22-17/h5-9,11-12,14H,4,10H2,1-3H3,(H,22,23,27). The zero-order chi connectivity index (χ0) is 20.1. The highest BCUT2D eigenvalue weighted by Gasteiger charge is 2.21. The van der Waals surface area contributed by atoms with Crippen LogP contribution in [0.2, 0.25) is 5.02 Å². The Balaban J connectivity index is 1.77. The maximum absolute atomic E-state index is 12.5. The van der Waals surface area contributed by atoms with E-state index in [4.69, 9.17) is 11.6 Å². The number of nitrogens with one attached hydrogen (secondary N) is 1. The summed E-state index contributed by atoms with van der Waals surface area (Å²) < 4.78 is 2.07. The molecule has 2 aromatic heterocycles. The first-order valence-corrected chi connectivity index (χ1v) is 10.3. The quantitative estimate of drug-likeness (QED) is 0.559. The van der Waals surface area contributed by atoms with Crippen LogP contribution in [-0.2, 0) is 11.3 Å². The van der Waals surface area contributed by atoms with Crippen molar-refractivity contribution in [3.05, 3.63) is 53.2 Å². The second kappa shape index (κ2) is 9.21. The highest BCUT2D eigenvalue weighted by molar-refractivity contribution is 8.00. The van der Waals surface area contributed by atoms with Crippen LogP contribution in [0.4, 0.5) is 5.82 Å². The smallest absolute Gasteiger partial charge is 0.238 e. The van der Waals surface area contributed by atoms with Gasteiger partial charge in [0, 0.05) is 18.3 Å². The zero-order valence-corrected chi connectivity index (χ0v) is 17.6. The molecule has 3 aromatic rings. The average Bonchev–Trinajstić information content (AvgIpc) is 3.06. The summed E-state index contributed by atoms with van der Waals surface area (Å²) in [6.45, 7) is 6.78. The highest BCUT2D eigenvalue weighted by atomic mass is 35.5. The molecule has 0 saturated heterocycles. The van der Waals surface area contributed by atoms with Gasteiger partial charge in [-0.3, -0.25) is 4.79 Å². The number of hydrogen-bond acceptors (Lipinski definition) is 5. The van der Waals surface area contributed by atoms with E-state index in [2.05, 4.69) is 51.0 Å². The Morgan fingerprint density at radius 3 is 2.79 bits per heavy atom. The minimum absolute atomic E-state index is 0.150. The van der Waals surface area contributed by atoms with E-state index < -0.39 is 0 Å². The van der Waals surface area contributed by atoms with Crippen molar-refractivity contribution in [2.75, 3.05) is 5.32 Å². The van der Waals surface area contributed by atoms with Crippen LogP contribution in [0.1, 0.15) is 25.8 Å². The molecule has 2 heterocycles. The van der Waals surface area contributed by atoms with Gasteiger partial charge in [0.25, 0.3) is 0 Å². The Morgan fingerprint density at radius 1 is 1.29 bits per heavy atom. The monoisotopic (exact) mass is 415 g/mol. The molecule has 0 fully saturated rings. The molecule has 8 heteroatoms. The van der Waals surface area contributed by atoms with Crippen molar-refractivity contribution < 1.29 is 4.79 Å². The third-order valence-electron chi connectivity index (χ3n) is 4.07. The highest BCUT2D eigenvalue weighted by Crippen LogP contribution is 2.28. The van der Waals surface area contributed by atoms with Crippen LogP contribution < -0.4 is 5.32 Å². The molecule has 0 aliphatic rings. The predicted molar refractivity (Wildman–Crippen MR) is 114 cm³/mol. The van der Waals surface area contributed by atoms with E-state index in [0.29, 0.717) is 10.8 Å². The molecule has 1 atom stereocenters. The Hall–Kier alpha value is -2.38. The van der Waals surface area contributed by atoms with Crippen molar-refractivity contribution in [2.45, 2.75) is 44.1 Å². The molecule has 1 N–H and O–H groups in total. The van der Waals surface area contributed by atoms with Crippen molar-refractivity contribution in [3.63, 3.8) is 0 Å². The first-order chi connectivity index (χ1) is 13.5. The van der Waals surface area contributed by atoms with Crippen molar-refractivity contribution in [1.29, 1.82) is 0 Å². The molecular weight excluding hydrogens is 394 g/mol. The van der Waals surface area contributed by atoms with E-state index >= 15 is 0 Å². The lowest BCUT2D eigenvalue weighted by atomic mass is 10.1. The fourth-order valence-electron chi connectivity index (χ4n) is 2.69. The van der Waals surface area contributed by atoms with Gasteiger partial charge in [-0.05, 0) is 38.5 Å². The zero-order valence-electron chi connectivity index (χ0n) is 16.0. The first kappa shape index (κ1) is 20.4. The summed E-state index contributed by atoms with van der Waals surface area (Å²) in [5.74, 6) is 1.14. The number of hydrogen-bond donors (Lipinski definition) is 1. The summed E-state index contributed by atoms with van der Waals surface area (Å²) in [7, 11) is 0. The van der Waals surface area contributed by atoms with E-state index in [-0.39, 0.29) is 11.2 Å². The minimum Gasteiger partial charge on any atom is -0.310 e. The van der Waals surface area contributed by atoms with Gasteiger partial charge in [0.1, 0.15) is 5.82 Å². The molecule has 3 rings (SSSR count). The topological polar surface area (TPSA) is 72.7 Å². The van der Waals surface area contributed by atoms with Crippen molar-refractivity contribution in [2.24, 2.45) is 0 Å². The van der Waals surface area contributed by atoms with Gasteiger partial charge in [0.05, 0.1) is 10.3 Å². The van der Waals surface area contributed by atoms with Crippen LogP contribution >= 0.6 is 23.4 Å². The van der Waals surface area contributed by atoms with Gasteiger partial charge >= 0.3 is 0 Å². The molecule has 0 saturated carbocycles. The summed E-state index contributed by atoms with van der Waals surface area (Å²) in [6, 6.07) is 11.5. The molecular formula is C20H22ClN5OS. The molecule has 1 amide bonds. The van der Waals surface area contributed by atoms with Gasteiger partial charge in [-0.15, -0.1) is 10.2 Å². The van der Waals surface area contributed by atoms with Crippen LogP contribution in [0.25, 0.3) is 11.4 Å². The van der Waals surface area contributed by atoms with Crippen LogP contribution in [0.3, 0.4) is 0 Å². The number of aryl methyl sites for hydroxylation is 1. The normalized spacial score (nSPS) is 12.0. The van der Waals surface area contributed by atoms with Crippen molar-refractivity contribution in [3.8, 4) is 11.4 Å². The molecule has 1 aromatic carbocycles. The Morgan fingerprint density at radius 2 is 2.11 bits per heavy atom. The fraction of sp³-hybridized carbons (Fsp3) is 0.300. The average molecular weight is 416 g/mol. The number of amides is 1. The third kappa shape index (κ3) is 4.91. The largest absolute Gasteiger partial charge is 0.310 e. The molecule has 28 heavy (non-hydrogen) atoms. The minimum atomic E-state index is -0.359. The van der Waals surface area contributed by atoms with Crippen LogP contribution in [0.5, 0.6) is 0 Å². The lowest BCUT2D eigenvalue weighted by Gasteiger charge is -2.13. The third-order valence-corrected chi connectivity index (χ3v) is 5.37. The van der Waals surface area contributed by atoms with E-state index in [9.17, 15) is 4.79 Å². The van der Waals surface area contributed by atoms with Gasteiger partial charge in [-0.25, -0.2) is 4.98 Å². The summed E-state index contributed by atoms with van der Waals surface area (Å²) in [6.07, 6.45) is 2.45. The van der Waals surface area contributed by atoms with Crippen molar-refractivity contribution >= 4 is 35.1 Å². The van der Waals surface area contributed by atoms with Gasteiger partial charge in [0.15, 0.2) is 11.0 Å². The Kier molecular flexibility index (Phi) is 6.70. The number of carbonyl (C=O) groups excluding carboxylic acids is 1. The van der Waals surface area contributed by atoms with Gasteiger partial charge in [-0.1, -0.05) is 54.0 Å². The molecule has 0 bridgehead atoms. The summed E-state index contributed by atoms with van der Waals surface area (Å²) in [4.78, 5) is 16.6.